The normalized spacial score (nSPS) is 10.9. The third-order valence-corrected chi connectivity index (χ3v) is 6.16. The smallest absolute Gasteiger partial charge is 0.348 e. The minimum absolute atomic E-state index is 0.111. The lowest BCUT2D eigenvalue weighted by Gasteiger charge is -2.07. The molecule has 0 amide bonds. The molecular weight excluding hydrogens is 498 g/mol. The Bertz CT molecular complexity index is 1110. The highest BCUT2D eigenvalue weighted by atomic mass is 79.9. The number of thiophene rings is 1. The highest BCUT2D eigenvalue weighted by Crippen LogP contribution is 2.31. The van der Waals surface area contributed by atoms with Crippen LogP contribution >= 0.6 is 27.3 Å². The number of halogens is 1. The van der Waals surface area contributed by atoms with Gasteiger partial charge < -0.3 is 14.2 Å². The van der Waals surface area contributed by atoms with E-state index in [9.17, 15) is 19.6 Å². The van der Waals surface area contributed by atoms with E-state index >= 15 is 0 Å². The summed E-state index contributed by atoms with van der Waals surface area (Å²) in [6.07, 6.45) is 1.19. The van der Waals surface area contributed by atoms with Crippen molar-refractivity contribution in [3.05, 3.63) is 54.7 Å². The van der Waals surface area contributed by atoms with Crippen LogP contribution in [0.2, 0.25) is 0 Å². The minimum Gasteiger partial charge on any atom is -0.496 e. The van der Waals surface area contributed by atoms with E-state index < -0.39 is 17.7 Å². The zero-order chi connectivity index (χ0) is 23.8. The van der Waals surface area contributed by atoms with Crippen LogP contribution in [0.3, 0.4) is 0 Å². The van der Waals surface area contributed by atoms with Crippen molar-refractivity contribution in [1.82, 2.24) is 0 Å². The molecule has 0 aliphatic rings. The largest absolute Gasteiger partial charge is 0.496 e. The SMILES string of the molecule is CCOC(=O)c1sc(CC(=O)/C(C#N)=C/c2cc(Br)ccc2OC)c(C(=O)OCC)c1C. The number of nitrogens with zero attached hydrogens (tertiary/aromatic N) is 1. The van der Waals surface area contributed by atoms with E-state index in [2.05, 4.69) is 15.9 Å². The molecule has 32 heavy (non-hydrogen) atoms. The third kappa shape index (κ3) is 5.84. The van der Waals surface area contributed by atoms with Crippen LogP contribution in [0.1, 0.15) is 49.9 Å². The molecule has 2 rings (SSSR count). The topological polar surface area (TPSA) is 103 Å². The quantitative estimate of drug-likeness (QED) is 0.263. The number of nitriles is 1. The Morgan fingerprint density at radius 3 is 2.41 bits per heavy atom. The fraction of sp³-hybridized carbons (Fsp3) is 0.304. The predicted molar refractivity (Wildman–Crippen MR) is 124 cm³/mol. The van der Waals surface area contributed by atoms with E-state index in [0.717, 1.165) is 15.8 Å². The van der Waals surface area contributed by atoms with E-state index in [4.69, 9.17) is 14.2 Å². The first kappa shape index (κ1) is 25.3. The molecule has 2 aromatic rings. The number of benzene rings is 1. The molecule has 0 bridgehead atoms. The number of allylic oxidation sites excluding steroid dienone is 1. The fourth-order valence-corrected chi connectivity index (χ4v) is 4.51. The monoisotopic (exact) mass is 519 g/mol. The van der Waals surface area contributed by atoms with Gasteiger partial charge in [-0.05, 0) is 50.6 Å². The van der Waals surface area contributed by atoms with E-state index in [-0.39, 0.29) is 35.6 Å². The predicted octanol–water partition coefficient (Wildman–Crippen LogP) is 4.90. The fourth-order valence-electron chi connectivity index (χ4n) is 2.95. The summed E-state index contributed by atoms with van der Waals surface area (Å²) in [6.45, 7) is 5.27. The number of ketones is 1. The van der Waals surface area contributed by atoms with Crippen LogP contribution in [0.15, 0.2) is 28.2 Å². The van der Waals surface area contributed by atoms with Gasteiger partial charge in [-0.25, -0.2) is 9.59 Å². The zero-order valence-electron chi connectivity index (χ0n) is 18.1. The molecule has 7 nitrogen and oxygen atoms in total. The van der Waals surface area contributed by atoms with Crippen molar-refractivity contribution in [2.75, 3.05) is 20.3 Å². The van der Waals surface area contributed by atoms with Gasteiger partial charge in [0.25, 0.3) is 0 Å². The zero-order valence-corrected chi connectivity index (χ0v) is 20.5. The van der Waals surface area contributed by atoms with Gasteiger partial charge in [0.05, 0.1) is 31.5 Å². The van der Waals surface area contributed by atoms with Crippen molar-refractivity contribution in [3.63, 3.8) is 0 Å². The molecule has 168 valence electrons. The molecule has 0 radical (unpaired) electrons. The molecule has 1 heterocycles. The summed E-state index contributed by atoms with van der Waals surface area (Å²) in [4.78, 5) is 38.4. The van der Waals surface area contributed by atoms with Crippen LogP contribution in [-0.2, 0) is 20.7 Å². The number of carbonyl (C=O) groups excluding carboxylic acids is 3. The van der Waals surface area contributed by atoms with Gasteiger partial charge >= 0.3 is 11.9 Å². The Balaban J connectivity index is 2.48. The van der Waals surface area contributed by atoms with Gasteiger partial charge in [-0.15, -0.1) is 11.3 Å². The van der Waals surface area contributed by atoms with Gasteiger partial charge in [0, 0.05) is 21.3 Å². The molecule has 0 aliphatic heterocycles. The Labute approximate surface area is 198 Å². The average Bonchev–Trinajstić information content (AvgIpc) is 3.08. The Kier molecular flexibility index (Phi) is 9.17. The minimum atomic E-state index is -0.629. The Morgan fingerprint density at radius 2 is 1.81 bits per heavy atom. The Hall–Kier alpha value is -2.96. The standard InChI is InChI=1S/C23H22BrNO6S/c1-5-30-22(27)20-13(3)21(23(28)31-6-2)32-19(20)11-17(26)15(12-25)9-14-10-16(24)7-8-18(14)29-4/h7-10H,5-6,11H2,1-4H3/b15-9+. The summed E-state index contributed by atoms with van der Waals surface area (Å²) in [5.74, 6) is -1.21. The molecule has 1 aromatic heterocycles. The maximum atomic E-state index is 13.0. The van der Waals surface area contributed by atoms with Gasteiger partial charge in [-0.2, -0.15) is 5.26 Å². The first-order valence-electron chi connectivity index (χ1n) is 9.72. The molecule has 0 atom stereocenters. The number of methoxy groups -OCH3 is 1. The van der Waals surface area contributed by atoms with Crippen molar-refractivity contribution in [3.8, 4) is 11.8 Å². The number of esters is 2. The van der Waals surface area contributed by atoms with Gasteiger partial charge in [0.1, 0.15) is 16.7 Å². The summed E-state index contributed by atoms with van der Waals surface area (Å²) in [7, 11) is 1.49. The van der Waals surface area contributed by atoms with Crippen molar-refractivity contribution in [2.24, 2.45) is 0 Å². The van der Waals surface area contributed by atoms with Crippen LogP contribution in [0, 0.1) is 18.3 Å². The van der Waals surface area contributed by atoms with Crippen LogP contribution in [-0.4, -0.2) is 38.0 Å². The van der Waals surface area contributed by atoms with Gasteiger partial charge in [0.15, 0.2) is 5.78 Å². The molecule has 0 fully saturated rings. The molecule has 9 heteroatoms. The first-order chi connectivity index (χ1) is 15.3. The second-order valence-corrected chi connectivity index (χ2v) is 8.47. The van der Waals surface area contributed by atoms with E-state index in [1.807, 2.05) is 6.07 Å². The lowest BCUT2D eigenvalue weighted by atomic mass is 10.0. The maximum Gasteiger partial charge on any atom is 0.348 e. The number of Topliss-reactive ketones (excluding diaryl/α,β-unsaturated/α-hetero) is 1. The lowest BCUT2D eigenvalue weighted by Crippen LogP contribution is -2.12. The molecule has 0 N–H and O–H groups in total. The number of ether oxygens (including phenoxy) is 3. The number of rotatable bonds is 9. The third-order valence-electron chi connectivity index (χ3n) is 4.39. The van der Waals surface area contributed by atoms with Gasteiger partial charge in [-0.3, -0.25) is 4.79 Å². The molecule has 0 spiro atoms. The molecule has 0 saturated heterocycles. The summed E-state index contributed by atoms with van der Waals surface area (Å²) in [5, 5.41) is 9.60. The molecule has 0 saturated carbocycles. The first-order valence-corrected chi connectivity index (χ1v) is 11.3. The van der Waals surface area contributed by atoms with Crippen molar-refractivity contribution in [1.29, 1.82) is 5.26 Å². The molecular formula is C23H22BrNO6S. The van der Waals surface area contributed by atoms with Crippen LogP contribution in [0.4, 0.5) is 0 Å². The number of hydrogen-bond donors (Lipinski definition) is 0. The van der Waals surface area contributed by atoms with Crippen LogP contribution in [0.25, 0.3) is 6.08 Å². The lowest BCUT2D eigenvalue weighted by molar-refractivity contribution is -0.114. The Morgan fingerprint density at radius 1 is 1.16 bits per heavy atom. The summed E-state index contributed by atoms with van der Waals surface area (Å²) in [5.41, 5.74) is 0.989. The van der Waals surface area contributed by atoms with E-state index in [1.165, 1.54) is 13.2 Å². The highest BCUT2D eigenvalue weighted by Gasteiger charge is 2.28. The summed E-state index contributed by atoms with van der Waals surface area (Å²) < 4.78 is 16.2. The second-order valence-electron chi connectivity index (χ2n) is 6.45. The van der Waals surface area contributed by atoms with Crippen LogP contribution in [0.5, 0.6) is 5.75 Å². The number of carbonyl (C=O) groups is 3. The van der Waals surface area contributed by atoms with E-state index in [0.29, 0.717) is 21.8 Å². The maximum absolute atomic E-state index is 13.0. The van der Waals surface area contributed by atoms with Gasteiger partial charge in [0.2, 0.25) is 0 Å². The van der Waals surface area contributed by atoms with Crippen molar-refractivity contribution in [2.45, 2.75) is 27.2 Å². The summed E-state index contributed by atoms with van der Waals surface area (Å²) in [6, 6.07) is 7.13. The van der Waals surface area contributed by atoms with Gasteiger partial charge in [-0.1, -0.05) is 15.9 Å². The van der Waals surface area contributed by atoms with Crippen molar-refractivity contribution < 1.29 is 28.6 Å². The van der Waals surface area contributed by atoms with Crippen LogP contribution < -0.4 is 4.74 Å². The highest BCUT2D eigenvalue weighted by molar-refractivity contribution is 9.10. The average molecular weight is 520 g/mol. The second kappa shape index (κ2) is 11.6. The summed E-state index contributed by atoms with van der Waals surface area (Å²) >= 11 is 4.36. The van der Waals surface area contributed by atoms with Crippen molar-refractivity contribution >= 4 is 51.1 Å². The van der Waals surface area contributed by atoms with E-state index in [1.54, 1.807) is 39.0 Å². The molecule has 0 unspecified atom stereocenters. The molecule has 0 aliphatic carbocycles. The molecule has 1 aromatic carbocycles. The number of hydrogen-bond acceptors (Lipinski definition) is 8.